The van der Waals surface area contributed by atoms with Crippen LogP contribution in [0.2, 0.25) is 5.02 Å². The molecule has 0 spiro atoms. The Kier molecular flexibility index (Phi) is 4.39. The lowest BCUT2D eigenvalue weighted by Gasteiger charge is -2.34. The molecule has 0 N–H and O–H groups in total. The largest absolute Gasteiger partial charge is 0.339 e. The van der Waals surface area contributed by atoms with Gasteiger partial charge in [-0.3, -0.25) is 9.59 Å². The van der Waals surface area contributed by atoms with E-state index in [-0.39, 0.29) is 11.8 Å². The Morgan fingerprint density at radius 3 is 2.22 bits per heavy atom. The smallest absolute Gasteiger partial charge is 0.255 e. The maximum atomic E-state index is 12.7. The van der Waals surface area contributed by atoms with Gasteiger partial charge in [-0.2, -0.15) is 0 Å². The third-order valence-corrected chi connectivity index (χ3v) is 4.42. The zero-order valence-corrected chi connectivity index (χ0v) is 13.7. The molecule has 1 saturated heterocycles. The van der Waals surface area contributed by atoms with Crippen LogP contribution in [-0.2, 0) is 4.79 Å². The van der Waals surface area contributed by atoms with Crippen molar-refractivity contribution in [1.29, 1.82) is 0 Å². The third-order valence-electron chi connectivity index (χ3n) is 4.10. The minimum absolute atomic E-state index is 0.0461. The summed E-state index contributed by atoms with van der Waals surface area (Å²) in [5, 5.41) is 0.444. The number of nitrogens with zero attached hydrogens (tertiary/aromatic N) is 3. The van der Waals surface area contributed by atoms with E-state index in [4.69, 9.17) is 11.6 Å². The monoisotopic (exact) mass is 331 g/mol. The van der Waals surface area contributed by atoms with Crippen molar-refractivity contribution in [1.82, 2.24) is 14.4 Å². The molecule has 1 aliphatic rings. The first-order valence-corrected chi connectivity index (χ1v) is 7.92. The summed E-state index contributed by atoms with van der Waals surface area (Å²) in [6, 6.07) is 9.29. The number of carbonyl (C=O) groups is 2. The van der Waals surface area contributed by atoms with E-state index in [2.05, 4.69) is 0 Å². The van der Waals surface area contributed by atoms with Crippen molar-refractivity contribution in [2.75, 3.05) is 26.2 Å². The van der Waals surface area contributed by atoms with Gasteiger partial charge in [-0.15, -0.1) is 0 Å². The predicted octanol–water partition coefficient (Wildman–Crippen LogP) is 2.44. The molecule has 5 nitrogen and oxygen atoms in total. The number of aromatic nitrogens is 1. The number of amides is 2. The van der Waals surface area contributed by atoms with Crippen molar-refractivity contribution in [2.24, 2.45) is 0 Å². The molecular formula is C17H18ClN3O2. The van der Waals surface area contributed by atoms with Gasteiger partial charge in [-0.25, -0.2) is 0 Å². The fraction of sp³-hybridized carbons (Fsp3) is 0.294. The van der Waals surface area contributed by atoms with E-state index in [1.807, 2.05) is 41.2 Å². The standard InChI is InChI=1S/C17H18ClN3O2/c1-13(22)19-8-10-21(11-9-19)17(23)15-12-14(4-5-16(15)18)20-6-2-3-7-20/h2-7,12H,8-11H2,1H3. The van der Waals surface area contributed by atoms with Crippen molar-refractivity contribution in [2.45, 2.75) is 6.92 Å². The van der Waals surface area contributed by atoms with Crippen LogP contribution in [0.15, 0.2) is 42.7 Å². The van der Waals surface area contributed by atoms with Crippen LogP contribution in [-0.4, -0.2) is 52.4 Å². The van der Waals surface area contributed by atoms with E-state index in [0.717, 1.165) is 5.69 Å². The van der Waals surface area contributed by atoms with Gasteiger partial charge in [0.15, 0.2) is 0 Å². The van der Waals surface area contributed by atoms with Crippen LogP contribution in [0.1, 0.15) is 17.3 Å². The van der Waals surface area contributed by atoms with Gasteiger partial charge in [0.2, 0.25) is 5.91 Å². The summed E-state index contributed by atoms with van der Waals surface area (Å²) in [7, 11) is 0. The fourth-order valence-corrected chi connectivity index (χ4v) is 2.94. The number of benzene rings is 1. The lowest BCUT2D eigenvalue weighted by molar-refractivity contribution is -0.130. The number of rotatable bonds is 2. The predicted molar refractivity (Wildman–Crippen MR) is 88.9 cm³/mol. The van der Waals surface area contributed by atoms with Crippen LogP contribution in [0.4, 0.5) is 0 Å². The van der Waals surface area contributed by atoms with Gasteiger partial charge >= 0.3 is 0 Å². The number of hydrogen-bond acceptors (Lipinski definition) is 2. The Bertz CT molecular complexity index is 719. The molecule has 6 heteroatoms. The Hall–Kier alpha value is -2.27. The highest BCUT2D eigenvalue weighted by Crippen LogP contribution is 2.22. The second-order valence-corrected chi connectivity index (χ2v) is 5.96. The molecule has 0 atom stereocenters. The normalized spacial score (nSPS) is 14.9. The number of halogens is 1. The summed E-state index contributed by atoms with van der Waals surface area (Å²) in [4.78, 5) is 27.6. The highest BCUT2D eigenvalue weighted by Gasteiger charge is 2.24. The first-order valence-electron chi connectivity index (χ1n) is 7.54. The second kappa shape index (κ2) is 6.46. The molecule has 2 heterocycles. The van der Waals surface area contributed by atoms with E-state index in [1.165, 1.54) is 0 Å². The maximum absolute atomic E-state index is 12.7. The molecule has 0 aliphatic carbocycles. The summed E-state index contributed by atoms with van der Waals surface area (Å²) < 4.78 is 1.93. The lowest BCUT2D eigenvalue weighted by Crippen LogP contribution is -2.50. The molecule has 1 aromatic heterocycles. The SMILES string of the molecule is CC(=O)N1CCN(C(=O)c2cc(-n3cccc3)ccc2Cl)CC1. The Morgan fingerprint density at radius 1 is 1.00 bits per heavy atom. The quantitative estimate of drug-likeness (QED) is 0.848. The Balaban J connectivity index is 1.80. The van der Waals surface area contributed by atoms with Gasteiger partial charge in [-0.05, 0) is 30.3 Å². The zero-order chi connectivity index (χ0) is 16.4. The van der Waals surface area contributed by atoms with E-state index in [0.29, 0.717) is 36.8 Å². The molecule has 1 aliphatic heterocycles. The average molecular weight is 332 g/mol. The van der Waals surface area contributed by atoms with Crippen molar-refractivity contribution in [3.63, 3.8) is 0 Å². The van der Waals surface area contributed by atoms with Crippen LogP contribution >= 0.6 is 11.6 Å². The summed E-state index contributed by atoms with van der Waals surface area (Å²) in [5.41, 5.74) is 1.39. The van der Waals surface area contributed by atoms with Crippen molar-refractivity contribution >= 4 is 23.4 Å². The van der Waals surface area contributed by atoms with Gasteiger partial charge in [0.1, 0.15) is 0 Å². The molecule has 0 unspecified atom stereocenters. The first-order chi connectivity index (χ1) is 11.1. The molecule has 2 amide bonds. The average Bonchev–Trinajstić information content (AvgIpc) is 3.09. The van der Waals surface area contributed by atoms with Gasteiger partial charge < -0.3 is 14.4 Å². The van der Waals surface area contributed by atoms with Crippen LogP contribution in [0.3, 0.4) is 0 Å². The zero-order valence-electron chi connectivity index (χ0n) is 12.9. The summed E-state index contributed by atoms with van der Waals surface area (Å²) >= 11 is 6.23. The van der Waals surface area contributed by atoms with Crippen molar-refractivity contribution < 1.29 is 9.59 Å². The van der Waals surface area contributed by atoms with E-state index < -0.39 is 0 Å². The van der Waals surface area contributed by atoms with Gasteiger partial charge in [0.25, 0.3) is 5.91 Å². The summed E-state index contributed by atoms with van der Waals surface area (Å²) in [6.45, 7) is 3.74. The molecule has 0 radical (unpaired) electrons. The maximum Gasteiger partial charge on any atom is 0.255 e. The van der Waals surface area contributed by atoms with Crippen LogP contribution in [0.25, 0.3) is 5.69 Å². The fourth-order valence-electron chi connectivity index (χ4n) is 2.74. The third kappa shape index (κ3) is 3.24. The molecule has 1 fully saturated rings. The summed E-state index contributed by atoms with van der Waals surface area (Å²) in [5.74, 6) is -0.0445. The molecule has 0 bridgehead atoms. The second-order valence-electron chi connectivity index (χ2n) is 5.55. The summed E-state index contributed by atoms with van der Waals surface area (Å²) in [6.07, 6.45) is 3.84. The minimum Gasteiger partial charge on any atom is -0.339 e. The molecule has 0 saturated carbocycles. The highest BCUT2D eigenvalue weighted by molar-refractivity contribution is 6.33. The van der Waals surface area contributed by atoms with Gasteiger partial charge in [0.05, 0.1) is 10.6 Å². The first kappa shape index (κ1) is 15.6. The molecule has 23 heavy (non-hydrogen) atoms. The molecule has 120 valence electrons. The van der Waals surface area contributed by atoms with Gasteiger partial charge in [-0.1, -0.05) is 11.6 Å². The van der Waals surface area contributed by atoms with E-state index in [1.54, 1.807) is 22.8 Å². The molecular weight excluding hydrogens is 314 g/mol. The minimum atomic E-state index is -0.0905. The van der Waals surface area contributed by atoms with Crippen molar-refractivity contribution in [3.05, 3.63) is 53.3 Å². The Morgan fingerprint density at radius 2 is 1.61 bits per heavy atom. The van der Waals surface area contributed by atoms with Crippen molar-refractivity contribution in [3.8, 4) is 5.69 Å². The number of carbonyl (C=O) groups excluding carboxylic acids is 2. The number of piperazine rings is 1. The molecule has 2 aromatic rings. The lowest BCUT2D eigenvalue weighted by atomic mass is 10.1. The number of hydrogen-bond donors (Lipinski definition) is 0. The topological polar surface area (TPSA) is 45.6 Å². The molecule has 1 aromatic carbocycles. The Labute approximate surface area is 140 Å². The van der Waals surface area contributed by atoms with Crippen LogP contribution in [0, 0.1) is 0 Å². The molecule has 3 rings (SSSR count). The van der Waals surface area contributed by atoms with Crippen LogP contribution in [0.5, 0.6) is 0 Å². The van der Waals surface area contributed by atoms with Crippen LogP contribution < -0.4 is 0 Å². The highest BCUT2D eigenvalue weighted by atomic mass is 35.5. The van der Waals surface area contributed by atoms with E-state index >= 15 is 0 Å². The van der Waals surface area contributed by atoms with Gasteiger partial charge in [0, 0.05) is 51.2 Å². The van der Waals surface area contributed by atoms with E-state index in [9.17, 15) is 9.59 Å².